The van der Waals surface area contributed by atoms with Crippen LogP contribution in [0.2, 0.25) is 0 Å². The van der Waals surface area contributed by atoms with E-state index in [0.29, 0.717) is 13.0 Å². The second-order valence-electron chi connectivity index (χ2n) is 4.89. The van der Waals surface area contributed by atoms with Crippen molar-refractivity contribution in [1.82, 2.24) is 15.3 Å². The highest BCUT2D eigenvalue weighted by Gasteiger charge is 2.11. The van der Waals surface area contributed by atoms with E-state index in [1.54, 1.807) is 23.7 Å². The zero-order valence-electron chi connectivity index (χ0n) is 11.8. The summed E-state index contributed by atoms with van der Waals surface area (Å²) < 4.78 is 0. The van der Waals surface area contributed by atoms with Gasteiger partial charge in [-0.2, -0.15) is 0 Å². The average molecular weight is 289 g/mol. The van der Waals surface area contributed by atoms with Gasteiger partial charge in [0.05, 0.1) is 5.01 Å². The summed E-state index contributed by atoms with van der Waals surface area (Å²) >= 11 is 1.65. The van der Waals surface area contributed by atoms with Gasteiger partial charge in [0.25, 0.3) is 0 Å². The zero-order valence-corrected chi connectivity index (χ0v) is 12.6. The van der Waals surface area contributed by atoms with Crippen molar-refractivity contribution in [2.24, 2.45) is 0 Å². The first-order chi connectivity index (χ1) is 9.65. The molecular weight excluding hydrogens is 270 g/mol. The lowest BCUT2D eigenvalue weighted by Gasteiger charge is -2.10. The summed E-state index contributed by atoms with van der Waals surface area (Å²) in [5.41, 5.74) is 2.18. The summed E-state index contributed by atoms with van der Waals surface area (Å²) in [6.07, 6.45) is 4.76. The summed E-state index contributed by atoms with van der Waals surface area (Å²) in [6, 6.07) is 3.88. The second kappa shape index (κ2) is 7.14. The summed E-state index contributed by atoms with van der Waals surface area (Å²) in [6.45, 7) is 4.71. The molecule has 20 heavy (non-hydrogen) atoms. The maximum atomic E-state index is 11.8. The Bertz CT molecular complexity index is 553. The quantitative estimate of drug-likeness (QED) is 0.889. The fraction of sp³-hybridized carbons (Fsp3) is 0.400. The number of hydrogen-bond donors (Lipinski definition) is 1. The van der Waals surface area contributed by atoms with Gasteiger partial charge in [-0.25, -0.2) is 4.98 Å². The predicted octanol–water partition coefficient (Wildman–Crippen LogP) is 2.70. The molecule has 4 nitrogen and oxygen atoms in total. The van der Waals surface area contributed by atoms with Crippen LogP contribution < -0.4 is 5.32 Å². The molecule has 5 heteroatoms. The Morgan fingerprint density at radius 1 is 1.40 bits per heavy atom. The molecule has 2 rings (SSSR count). The Hall–Kier alpha value is -1.75. The number of rotatable bonds is 6. The fourth-order valence-electron chi connectivity index (χ4n) is 1.85. The van der Waals surface area contributed by atoms with E-state index in [2.05, 4.69) is 22.2 Å². The Morgan fingerprint density at radius 2 is 2.15 bits per heavy atom. The summed E-state index contributed by atoms with van der Waals surface area (Å²) in [7, 11) is 0. The van der Waals surface area contributed by atoms with Crippen molar-refractivity contribution < 1.29 is 4.79 Å². The molecule has 0 saturated carbocycles. The van der Waals surface area contributed by atoms with Crippen LogP contribution in [0.5, 0.6) is 0 Å². The highest BCUT2D eigenvalue weighted by molar-refractivity contribution is 7.09. The molecule has 2 aromatic rings. The fourth-order valence-corrected chi connectivity index (χ4v) is 2.70. The molecule has 0 aliphatic heterocycles. The molecule has 1 unspecified atom stereocenters. The van der Waals surface area contributed by atoms with Gasteiger partial charge in [0.15, 0.2) is 0 Å². The van der Waals surface area contributed by atoms with Crippen molar-refractivity contribution in [2.45, 2.75) is 32.6 Å². The number of aromatic nitrogens is 2. The molecular formula is C15H19N3OS. The molecule has 2 aromatic heterocycles. The number of nitrogens with zero attached hydrogens (tertiary/aromatic N) is 2. The van der Waals surface area contributed by atoms with Gasteiger partial charge in [-0.1, -0.05) is 6.92 Å². The van der Waals surface area contributed by atoms with Crippen LogP contribution in [0, 0.1) is 6.92 Å². The van der Waals surface area contributed by atoms with Crippen LogP contribution in [0.25, 0.3) is 0 Å². The number of carbonyl (C=O) groups is 1. The van der Waals surface area contributed by atoms with Crippen molar-refractivity contribution in [1.29, 1.82) is 0 Å². The topological polar surface area (TPSA) is 54.9 Å². The third-order valence-corrected chi connectivity index (χ3v) is 4.25. The Balaban J connectivity index is 1.72. The molecule has 0 aliphatic rings. The summed E-state index contributed by atoms with van der Waals surface area (Å²) in [4.78, 5) is 20.2. The highest BCUT2D eigenvalue weighted by Crippen LogP contribution is 2.18. The van der Waals surface area contributed by atoms with Gasteiger partial charge in [-0.3, -0.25) is 9.78 Å². The first-order valence-corrected chi connectivity index (χ1v) is 7.60. The third-order valence-electron chi connectivity index (χ3n) is 3.05. The van der Waals surface area contributed by atoms with Gasteiger partial charge < -0.3 is 5.32 Å². The zero-order chi connectivity index (χ0) is 14.4. The summed E-state index contributed by atoms with van der Waals surface area (Å²) in [5.74, 6) is 0.348. The molecule has 2 heterocycles. The lowest BCUT2D eigenvalue weighted by Crippen LogP contribution is -2.27. The lowest BCUT2D eigenvalue weighted by molar-refractivity contribution is -0.121. The molecule has 0 aliphatic carbocycles. The summed E-state index contributed by atoms with van der Waals surface area (Å²) in [5, 5.41) is 6.09. The molecule has 0 fully saturated rings. The number of nitrogens with one attached hydrogen (secondary N) is 1. The normalized spacial score (nSPS) is 12.1. The number of thiazole rings is 1. The van der Waals surface area contributed by atoms with Gasteiger partial charge in [0.2, 0.25) is 5.91 Å². The van der Waals surface area contributed by atoms with E-state index in [0.717, 1.165) is 22.7 Å². The van der Waals surface area contributed by atoms with Gasteiger partial charge in [-0.15, -0.1) is 11.3 Å². The Kier molecular flexibility index (Phi) is 5.24. The first-order valence-electron chi connectivity index (χ1n) is 6.73. The SMILES string of the molecule is Cc1csc(C(C)CNC(=O)CCc2ccncc2)n1. The number of hydrogen-bond acceptors (Lipinski definition) is 4. The van der Waals surface area contributed by atoms with Crippen LogP contribution in [0.4, 0.5) is 0 Å². The molecule has 0 spiro atoms. The van der Waals surface area contributed by atoms with E-state index in [1.165, 1.54) is 0 Å². The number of carbonyl (C=O) groups excluding carboxylic acids is 1. The molecule has 0 saturated heterocycles. The van der Waals surface area contributed by atoms with E-state index in [1.807, 2.05) is 24.4 Å². The van der Waals surface area contributed by atoms with E-state index in [-0.39, 0.29) is 11.8 Å². The maximum absolute atomic E-state index is 11.8. The Labute approximate surface area is 123 Å². The van der Waals surface area contributed by atoms with Crippen LogP contribution in [0.15, 0.2) is 29.9 Å². The standard InChI is InChI=1S/C15H19N3OS/c1-11(15-18-12(2)10-20-15)9-17-14(19)4-3-13-5-7-16-8-6-13/h5-8,10-11H,3-4,9H2,1-2H3,(H,17,19). The van der Waals surface area contributed by atoms with Crippen LogP contribution in [0.3, 0.4) is 0 Å². The van der Waals surface area contributed by atoms with Gasteiger partial charge in [0.1, 0.15) is 0 Å². The van der Waals surface area contributed by atoms with Crippen molar-refractivity contribution in [3.05, 3.63) is 46.2 Å². The molecule has 106 valence electrons. The molecule has 1 amide bonds. The highest BCUT2D eigenvalue weighted by atomic mass is 32.1. The van der Waals surface area contributed by atoms with E-state index in [9.17, 15) is 4.79 Å². The molecule has 0 bridgehead atoms. The molecule has 1 N–H and O–H groups in total. The monoisotopic (exact) mass is 289 g/mol. The predicted molar refractivity (Wildman–Crippen MR) is 80.8 cm³/mol. The average Bonchev–Trinajstić information content (AvgIpc) is 2.90. The lowest BCUT2D eigenvalue weighted by atomic mass is 10.1. The minimum Gasteiger partial charge on any atom is -0.355 e. The van der Waals surface area contributed by atoms with Crippen LogP contribution in [-0.2, 0) is 11.2 Å². The largest absolute Gasteiger partial charge is 0.355 e. The van der Waals surface area contributed by atoms with Crippen molar-refractivity contribution in [3.8, 4) is 0 Å². The van der Waals surface area contributed by atoms with E-state index in [4.69, 9.17) is 0 Å². The van der Waals surface area contributed by atoms with Crippen molar-refractivity contribution in [2.75, 3.05) is 6.54 Å². The van der Waals surface area contributed by atoms with E-state index >= 15 is 0 Å². The molecule has 1 atom stereocenters. The van der Waals surface area contributed by atoms with Crippen LogP contribution in [0.1, 0.15) is 35.5 Å². The second-order valence-corrected chi connectivity index (χ2v) is 5.78. The smallest absolute Gasteiger partial charge is 0.220 e. The van der Waals surface area contributed by atoms with Gasteiger partial charge in [0, 0.05) is 42.4 Å². The van der Waals surface area contributed by atoms with Crippen molar-refractivity contribution in [3.63, 3.8) is 0 Å². The van der Waals surface area contributed by atoms with Gasteiger partial charge >= 0.3 is 0 Å². The van der Waals surface area contributed by atoms with Gasteiger partial charge in [-0.05, 0) is 31.0 Å². The van der Waals surface area contributed by atoms with E-state index < -0.39 is 0 Å². The first kappa shape index (κ1) is 14.7. The van der Waals surface area contributed by atoms with Crippen LogP contribution in [-0.4, -0.2) is 22.4 Å². The third kappa shape index (κ3) is 4.42. The number of aryl methyl sites for hydroxylation is 2. The molecule has 0 radical (unpaired) electrons. The van der Waals surface area contributed by atoms with Crippen LogP contribution >= 0.6 is 11.3 Å². The van der Waals surface area contributed by atoms with Crippen molar-refractivity contribution >= 4 is 17.2 Å². The molecule has 0 aromatic carbocycles. The number of amides is 1. The maximum Gasteiger partial charge on any atom is 0.220 e. The number of pyridine rings is 1. The minimum atomic E-state index is 0.0851. The minimum absolute atomic E-state index is 0.0851. The Morgan fingerprint density at radius 3 is 2.80 bits per heavy atom.